The fraction of sp³-hybridized carbons (Fsp3) is 0.462. The van der Waals surface area contributed by atoms with Crippen LogP contribution in [0.25, 0.3) is 0 Å². The standard InChI is InChI=1S/C13H18FNO4/c1-7(14)8-4-9(10(6-15)13(16)17)12(19-3)5-11(8)18-2/h4-5,7,10H,6,15H2,1-3H3,(H,16,17). The van der Waals surface area contributed by atoms with Crippen molar-refractivity contribution < 1.29 is 23.8 Å². The van der Waals surface area contributed by atoms with Gasteiger partial charge in [0.25, 0.3) is 0 Å². The van der Waals surface area contributed by atoms with Crippen LogP contribution in [0.5, 0.6) is 11.5 Å². The van der Waals surface area contributed by atoms with Crippen molar-refractivity contribution in [3.05, 3.63) is 23.3 Å². The number of benzene rings is 1. The number of carboxylic acids is 1. The van der Waals surface area contributed by atoms with E-state index >= 15 is 0 Å². The molecule has 5 nitrogen and oxygen atoms in total. The van der Waals surface area contributed by atoms with E-state index in [0.717, 1.165) is 0 Å². The van der Waals surface area contributed by atoms with Crippen LogP contribution in [0, 0.1) is 0 Å². The van der Waals surface area contributed by atoms with Crippen LogP contribution >= 0.6 is 0 Å². The van der Waals surface area contributed by atoms with E-state index in [1.54, 1.807) is 0 Å². The Kier molecular flexibility index (Phi) is 5.11. The number of alkyl halides is 1. The van der Waals surface area contributed by atoms with E-state index in [2.05, 4.69) is 0 Å². The lowest BCUT2D eigenvalue weighted by Crippen LogP contribution is -2.22. The molecule has 0 fully saturated rings. The summed E-state index contributed by atoms with van der Waals surface area (Å²) >= 11 is 0. The van der Waals surface area contributed by atoms with E-state index in [1.165, 1.54) is 33.3 Å². The van der Waals surface area contributed by atoms with Gasteiger partial charge in [-0.05, 0) is 13.0 Å². The third-order valence-corrected chi connectivity index (χ3v) is 2.92. The zero-order valence-electron chi connectivity index (χ0n) is 11.1. The molecular weight excluding hydrogens is 253 g/mol. The van der Waals surface area contributed by atoms with E-state index in [4.69, 9.17) is 20.3 Å². The maximum absolute atomic E-state index is 13.6. The van der Waals surface area contributed by atoms with Gasteiger partial charge in [0.1, 0.15) is 17.7 Å². The summed E-state index contributed by atoms with van der Waals surface area (Å²) in [6.45, 7) is 1.25. The van der Waals surface area contributed by atoms with Crippen molar-refractivity contribution in [2.45, 2.75) is 19.0 Å². The third kappa shape index (κ3) is 3.14. The van der Waals surface area contributed by atoms with Crippen LogP contribution in [0.15, 0.2) is 12.1 Å². The molecule has 2 atom stereocenters. The first kappa shape index (κ1) is 15.2. The van der Waals surface area contributed by atoms with Gasteiger partial charge in [-0.2, -0.15) is 0 Å². The van der Waals surface area contributed by atoms with Gasteiger partial charge in [0.2, 0.25) is 0 Å². The van der Waals surface area contributed by atoms with Crippen molar-refractivity contribution in [3.63, 3.8) is 0 Å². The Balaban J connectivity index is 3.44. The van der Waals surface area contributed by atoms with Gasteiger partial charge < -0.3 is 20.3 Å². The number of hydrogen-bond donors (Lipinski definition) is 2. The minimum atomic E-state index is -1.29. The lowest BCUT2D eigenvalue weighted by Gasteiger charge is -2.19. The second kappa shape index (κ2) is 6.38. The fourth-order valence-corrected chi connectivity index (χ4v) is 1.89. The first-order valence-electron chi connectivity index (χ1n) is 5.79. The van der Waals surface area contributed by atoms with Gasteiger partial charge in [0, 0.05) is 23.7 Å². The Bertz CT molecular complexity index is 462. The molecule has 0 bridgehead atoms. The topological polar surface area (TPSA) is 81.8 Å². The Labute approximate surface area is 111 Å². The summed E-state index contributed by atoms with van der Waals surface area (Å²) < 4.78 is 23.8. The summed E-state index contributed by atoms with van der Waals surface area (Å²) in [4.78, 5) is 11.2. The van der Waals surface area contributed by atoms with Crippen molar-refractivity contribution in [1.82, 2.24) is 0 Å². The molecule has 1 aromatic rings. The number of nitrogens with two attached hydrogens (primary N) is 1. The van der Waals surface area contributed by atoms with Crippen LogP contribution in [0.4, 0.5) is 4.39 Å². The first-order chi connectivity index (χ1) is 8.96. The SMILES string of the molecule is COc1cc(OC)c(C(CN)C(=O)O)cc1C(C)F. The molecule has 2 unspecified atom stereocenters. The van der Waals surface area contributed by atoms with E-state index in [9.17, 15) is 9.18 Å². The average molecular weight is 271 g/mol. The predicted molar refractivity (Wildman–Crippen MR) is 68.5 cm³/mol. The molecule has 19 heavy (non-hydrogen) atoms. The van der Waals surface area contributed by atoms with E-state index in [-0.39, 0.29) is 12.1 Å². The number of hydrogen-bond acceptors (Lipinski definition) is 4. The Morgan fingerprint density at radius 2 is 1.84 bits per heavy atom. The van der Waals surface area contributed by atoms with Crippen LogP contribution in [0.3, 0.4) is 0 Å². The molecule has 0 saturated heterocycles. The summed E-state index contributed by atoms with van der Waals surface area (Å²) in [7, 11) is 2.82. The quantitative estimate of drug-likeness (QED) is 0.825. The van der Waals surface area contributed by atoms with Gasteiger partial charge in [-0.15, -0.1) is 0 Å². The predicted octanol–water partition coefficient (Wildman–Crippen LogP) is 1.86. The number of carbonyl (C=O) groups is 1. The molecule has 3 N–H and O–H groups in total. The monoisotopic (exact) mass is 271 g/mol. The highest BCUT2D eigenvalue weighted by molar-refractivity contribution is 5.78. The van der Waals surface area contributed by atoms with Crippen molar-refractivity contribution in [1.29, 1.82) is 0 Å². The second-order valence-corrected chi connectivity index (χ2v) is 4.08. The number of halogens is 1. The van der Waals surface area contributed by atoms with Crippen LogP contribution in [0.1, 0.15) is 30.1 Å². The highest BCUT2D eigenvalue weighted by Crippen LogP contribution is 2.37. The van der Waals surface area contributed by atoms with Crippen LogP contribution in [-0.4, -0.2) is 31.8 Å². The number of ether oxygens (including phenoxy) is 2. The molecular formula is C13H18FNO4. The molecule has 0 aromatic heterocycles. The average Bonchev–Trinajstić information content (AvgIpc) is 2.38. The van der Waals surface area contributed by atoms with E-state index < -0.39 is 18.1 Å². The Hall–Kier alpha value is -1.82. The molecule has 1 rings (SSSR count). The van der Waals surface area contributed by atoms with Gasteiger partial charge >= 0.3 is 5.97 Å². The molecule has 0 amide bonds. The molecule has 6 heteroatoms. The van der Waals surface area contributed by atoms with Crippen molar-refractivity contribution in [2.75, 3.05) is 20.8 Å². The normalized spacial score (nSPS) is 13.7. The van der Waals surface area contributed by atoms with Crippen LogP contribution in [-0.2, 0) is 4.79 Å². The molecule has 0 aliphatic carbocycles. The zero-order chi connectivity index (χ0) is 14.6. The maximum Gasteiger partial charge on any atom is 0.312 e. The Morgan fingerprint density at radius 1 is 1.32 bits per heavy atom. The van der Waals surface area contributed by atoms with Crippen molar-refractivity contribution in [2.24, 2.45) is 5.73 Å². The summed E-state index contributed by atoms with van der Waals surface area (Å²) in [6, 6.07) is 2.92. The molecule has 0 aliphatic heterocycles. The van der Waals surface area contributed by atoms with Gasteiger partial charge in [-0.3, -0.25) is 4.79 Å². The van der Waals surface area contributed by atoms with Gasteiger partial charge in [0.05, 0.1) is 20.1 Å². The van der Waals surface area contributed by atoms with Gasteiger partial charge in [-0.1, -0.05) is 0 Å². The lowest BCUT2D eigenvalue weighted by molar-refractivity contribution is -0.138. The smallest absolute Gasteiger partial charge is 0.312 e. The summed E-state index contributed by atoms with van der Waals surface area (Å²) in [6.07, 6.45) is -1.29. The van der Waals surface area contributed by atoms with Crippen LogP contribution in [0.2, 0.25) is 0 Å². The fourth-order valence-electron chi connectivity index (χ4n) is 1.89. The summed E-state index contributed by atoms with van der Waals surface area (Å²) in [5.41, 5.74) is 6.09. The number of aliphatic carboxylic acids is 1. The lowest BCUT2D eigenvalue weighted by atomic mass is 9.94. The first-order valence-corrected chi connectivity index (χ1v) is 5.79. The molecule has 0 saturated carbocycles. The van der Waals surface area contributed by atoms with Gasteiger partial charge in [-0.25, -0.2) is 4.39 Å². The van der Waals surface area contributed by atoms with E-state index in [0.29, 0.717) is 17.1 Å². The molecule has 0 radical (unpaired) electrons. The number of carboxylic acid groups (broad SMARTS) is 1. The zero-order valence-corrected chi connectivity index (χ0v) is 11.1. The molecule has 1 aromatic carbocycles. The Morgan fingerprint density at radius 3 is 2.21 bits per heavy atom. The highest BCUT2D eigenvalue weighted by Gasteiger charge is 2.25. The van der Waals surface area contributed by atoms with E-state index in [1.807, 2.05) is 0 Å². The highest BCUT2D eigenvalue weighted by atomic mass is 19.1. The van der Waals surface area contributed by atoms with Gasteiger partial charge in [0.15, 0.2) is 0 Å². The minimum absolute atomic E-state index is 0.0991. The number of methoxy groups -OCH3 is 2. The molecule has 0 spiro atoms. The van der Waals surface area contributed by atoms with Crippen LogP contribution < -0.4 is 15.2 Å². The minimum Gasteiger partial charge on any atom is -0.496 e. The summed E-state index contributed by atoms with van der Waals surface area (Å²) in [5, 5.41) is 9.14. The maximum atomic E-state index is 13.6. The second-order valence-electron chi connectivity index (χ2n) is 4.08. The van der Waals surface area contributed by atoms with Crippen molar-refractivity contribution >= 4 is 5.97 Å². The molecule has 106 valence electrons. The number of rotatable bonds is 6. The summed E-state index contributed by atoms with van der Waals surface area (Å²) in [5.74, 6) is -1.39. The largest absolute Gasteiger partial charge is 0.496 e. The third-order valence-electron chi connectivity index (χ3n) is 2.92. The van der Waals surface area contributed by atoms with Crippen molar-refractivity contribution in [3.8, 4) is 11.5 Å². The molecule has 0 heterocycles. The molecule has 0 aliphatic rings.